The van der Waals surface area contributed by atoms with Crippen molar-refractivity contribution >= 4 is 35.8 Å². The number of unbranched alkanes of at least 4 members (excludes halogenated alkanes) is 2. The van der Waals surface area contributed by atoms with Crippen LogP contribution in [0.3, 0.4) is 0 Å². The zero-order valence-electron chi connectivity index (χ0n) is 15.6. The monoisotopic (exact) mass is 454 g/mol. The van der Waals surface area contributed by atoms with Crippen LogP contribution in [0.15, 0.2) is 4.99 Å². The number of carbonyl (C=O) groups is 1. The minimum absolute atomic E-state index is 0. The molecule has 2 N–H and O–H groups in total. The van der Waals surface area contributed by atoms with Crippen molar-refractivity contribution < 1.29 is 9.53 Å². The van der Waals surface area contributed by atoms with E-state index >= 15 is 0 Å². The molecule has 1 atom stereocenters. The highest BCUT2D eigenvalue weighted by Gasteiger charge is 2.27. The molecular weight excluding hydrogens is 419 g/mol. The molecule has 0 aromatic rings. The SMILES string of the molecule is CCNC(=NCCCCCOC)NC1CCN(C(=O)C(C)C)C1.I. The quantitative estimate of drug-likeness (QED) is 0.243. The molecule has 1 saturated heterocycles. The van der Waals surface area contributed by atoms with Crippen molar-refractivity contribution in [1.82, 2.24) is 15.5 Å². The molecule has 6 nitrogen and oxygen atoms in total. The van der Waals surface area contributed by atoms with E-state index in [1.807, 2.05) is 18.7 Å². The molecule has 0 bridgehead atoms. The number of aliphatic imine (C=N–C) groups is 1. The summed E-state index contributed by atoms with van der Waals surface area (Å²) in [6.07, 6.45) is 4.28. The Morgan fingerprint density at radius 1 is 1.33 bits per heavy atom. The predicted octanol–water partition coefficient (Wildman–Crippen LogP) is 2.23. The minimum atomic E-state index is 0. The zero-order chi connectivity index (χ0) is 17.1. The highest BCUT2D eigenvalue weighted by atomic mass is 127. The van der Waals surface area contributed by atoms with Gasteiger partial charge < -0.3 is 20.3 Å². The number of likely N-dealkylation sites (tertiary alicyclic amines) is 1. The molecule has 1 fully saturated rings. The number of nitrogens with one attached hydrogen (secondary N) is 2. The van der Waals surface area contributed by atoms with E-state index < -0.39 is 0 Å². The van der Waals surface area contributed by atoms with Crippen molar-refractivity contribution in [3.8, 4) is 0 Å². The van der Waals surface area contributed by atoms with Gasteiger partial charge in [0.1, 0.15) is 0 Å². The molecule has 0 spiro atoms. The number of nitrogens with zero attached hydrogens (tertiary/aromatic N) is 2. The van der Waals surface area contributed by atoms with Crippen molar-refractivity contribution in [2.45, 2.75) is 52.5 Å². The predicted molar refractivity (Wildman–Crippen MR) is 110 cm³/mol. The van der Waals surface area contributed by atoms with E-state index in [4.69, 9.17) is 4.74 Å². The summed E-state index contributed by atoms with van der Waals surface area (Å²) in [6, 6.07) is 0.295. The van der Waals surface area contributed by atoms with Crippen LogP contribution in [0.25, 0.3) is 0 Å². The standard InChI is InChI=1S/C17H34N4O2.HI/c1-5-18-17(19-10-7-6-8-12-23-4)20-15-9-11-21(13-15)16(22)14(2)3;/h14-15H,5-13H2,1-4H3,(H2,18,19,20);1H. The minimum Gasteiger partial charge on any atom is -0.385 e. The van der Waals surface area contributed by atoms with E-state index in [0.717, 1.165) is 64.4 Å². The van der Waals surface area contributed by atoms with Gasteiger partial charge in [-0.05, 0) is 32.6 Å². The summed E-state index contributed by atoms with van der Waals surface area (Å²) < 4.78 is 5.05. The largest absolute Gasteiger partial charge is 0.385 e. The number of guanidine groups is 1. The van der Waals surface area contributed by atoms with Crippen LogP contribution in [0.1, 0.15) is 46.5 Å². The van der Waals surface area contributed by atoms with Gasteiger partial charge in [-0.25, -0.2) is 0 Å². The Morgan fingerprint density at radius 3 is 2.71 bits per heavy atom. The first-order valence-corrected chi connectivity index (χ1v) is 8.91. The molecule has 1 heterocycles. The molecule has 7 heteroatoms. The molecule has 0 aromatic heterocycles. The Bertz CT molecular complexity index is 378. The van der Waals surface area contributed by atoms with Crippen molar-refractivity contribution in [2.75, 3.05) is 39.9 Å². The lowest BCUT2D eigenvalue weighted by atomic mass is 10.2. The van der Waals surface area contributed by atoms with Crippen molar-refractivity contribution in [3.63, 3.8) is 0 Å². The lowest BCUT2D eigenvalue weighted by molar-refractivity contribution is -0.133. The number of halogens is 1. The molecule has 142 valence electrons. The second-order valence-electron chi connectivity index (χ2n) is 6.38. The summed E-state index contributed by atoms with van der Waals surface area (Å²) >= 11 is 0. The summed E-state index contributed by atoms with van der Waals surface area (Å²) in [5.41, 5.74) is 0. The lowest BCUT2D eigenvalue weighted by Gasteiger charge is -2.20. The molecule has 1 aliphatic rings. The highest BCUT2D eigenvalue weighted by Crippen LogP contribution is 2.12. The van der Waals surface area contributed by atoms with Crippen LogP contribution in [-0.4, -0.2) is 62.7 Å². The van der Waals surface area contributed by atoms with E-state index in [1.54, 1.807) is 7.11 Å². The topological polar surface area (TPSA) is 66.0 Å². The Morgan fingerprint density at radius 2 is 2.08 bits per heavy atom. The van der Waals surface area contributed by atoms with Crippen LogP contribution in [0, 0.1) is 5.92 Å². The highest BCUT2D eigenvalue weighted by molar-refractivity contribution is 14.0. The molecule has 1 unspecified atom stereocenters. The molecule has 0 aromatic carbocycles. The Balaban J connectivity index is 0.00000529. The average Bonchev–Trinajstić information content (AvgIpc) is 2.98. The van der Waals surface area contributed by atoms with Gasteiger partial charge in [-0.1, -0.05) is 13.8 Å². The van der Waals surface area contributed by atoms with Crippen LogP contribution >= 0.6 is 24.0 Å². The fourth-order valence-electron chi connectivity index (χ4n) is 2.68. The average molecular weight is 454 g/mol. The first kappa shape index (κ1) is 23.4. The van der Waals surface area contributed by atoms with Crippen molar-refractivity contribution in [2.24, 2.45) is 10.9 Å². The number of ether oxygens (including phenoxy) is 1. The third-order valence-electron chi connectivity index (χ3n) is 3.96. The van der Waals surface area contributed by atoms with Crippen molar-refractivity contribution in [3.05, 3.63) is 0 Å². The summed E-state index contributed by atoms with van der Waals surface area (Å²) in [4.78, 5) is 18.6. The molecule has 1 amide bonds. The van der Waals surface area contributed by atoms with Gasteiger partial charge in [0, 0.05) is 51.9 Å². The number of carbonyl (C=O) groups excluding carboxylic acids is 1. The third kappa shape index (κ3) is 9.05. The maximum Gasteiger partial charge on any atom is 0.225 e. The number of methoxy groups -OCH3 is 1. The van der Waals surface area contributed by atoms with Gasteiger partial charge in [-0.15, -0.1) is 24.0 Å². The molecule has 1 aliphatic heterocycles. The van der Waals surface area contributed by atoms with E-state index in [9.17, 15) is 4.79 Å². The first-order chi connectivity index (χ1) is 11.1. The van der Waals surface area contributed by atoms with Gasteiger partial charge in [0.2, 0.25) is 5.91 Å². The van der Waals surface area contributed by atoms with E-state index in [0.29, 0.717) is 6.04 Å². The number of rotatable bonds is 9. The Hall–Kier alpha value is -0.570. The van der Waals surface area contributed by atoms with Crippen LogP contribution in [0.5, 0.6) is 0 Å². The zero-order valence-corrected chi connectivity index (χ0v) is 18.0. The fraction of sp³-hybridized carbons (Fsp3) is 0.882. The number of amides is 1. The van der Waals surface area contributed by atoms with Gasteiger partial charge >= 0.3 is 0 Å². The van der Waals surface area contributed by atoms with Crippen LogP contribution in [-0.2, 0) is 9.53 Å². The normalized spacial score (nSPS) is 17.8. The van der Waals surface area contributed by atoms with Gasteiger partial charge in [0.15, 0.2) is 5.96 Å². The van der Waals surface area contributed by atoms with Gasteiger partial charge in [-0.3, -0.25) is 9.79 Å². The van der Waals surface area contributed by atoms with E-state index in [2.05, 4.69) is 22.5 Å². The first-order valence-electron chi connectivity index (χ1n) is 8.91. The Labute approximate surface area is 164 Å². The molecule has 0 aliphatic carbocycles. The summed E-state index contributed by atoms with van der Waals surface area (Å²) in [6.45, 7) is 10.1. The third-order valence-corrected chi connectivity index (χ3v) is 3.96. The van der Waals surface area contributed by atoms with Crippen LogP contribution in [0.4, 0.5) is 0 Å². The van der Waals surface area contributed by atoms with Crippen LogP contribution in [0.2, 0.25) is 0 Å². The molecule has 0 saturated carbocycles. The van der Waals surface area contributed by atoms with Crippen molar-refractivity contribution in [1.29, 1.82) is 0 Å². The van der Waals surface area contributed by atoms with Gasteiger partial charge in [0.05, 0.1) is 0 Å². The molecule has 24 heavy (non-hydrogen) atoms. The lowest BCUT2D eigenvalue weighted by Crippen LogP contribution is -2.45. The number of hydrogen-bond donors (Lipinski definition) is 2. The summed E-state index contributed by atoms with van der Waals surface area (Å²) in [5.74, 6) is 1.18. The molecular formula is C17H35IN4O2. The summed E-state index contributed by atoms with van der Waals surface area (Å²) in [5, 5.41) is 6.75. The smallest absolute Gasteiger partial charge is 0.225 e. The fourth-order valence-corrected chi connectivity index (χ4v) is 2.68. The second-order valence-corrected chi connectivity index (χ2v) is 6.38. The van der Waals surface area contributed by atoms with Crippen LogP contribution < -0.4 is 10.6 Å². The molecule has 1 rings (SSSR count). The van der Waals surface area contributed by atoms with Gasteiger partial charge in [0.25, 0.3) is 0 Å². The van der Waals surface area contributed by atoms with E-state index in [-0.39, 0.29) is 35.8 Å². The maximum absolute atomic E-state index is 12.0. The maximum atomic E-state index is 12.0. The van der Waals surface area contributed by atoms with E-state index in [1.165, 1.54) is 0 Å². The Kier molecular flexibility index (Phi) is 13.4. The molecule has 0 radical (unpaired) electrons. The second kappa shape index (κ2) is 13.7. The summed E-state index contributed by atoms with van der Waals surface area (Å²) in [7, 11) is 1.74. The van der Waals surface area contributed by atoms with Gasteiger partial charge in [-0.2, -0.15) is 0 Å². The number of hydrogen-bond acceptors (Lipinski definition) is 3.